The van der Waals surface area contributed by atoms with E-state index in [4.69, 9.17) is 4.74 Å². The van der Waals surface area contributed by atoms with Gasteiger partial charge in [0.2, 0.25) is 0 Å². The fourth-order valence-corrected chi connectivity index (χ4v) is 2.37. The lowest BCUT2D eigenvalue weighted by molar-refractivity contribution is 0.120. The maximum atomic E-state index is 9.81. The molecule has 2 N–H and O–H groups in total. The van der Waals surface area contributed by atoms with Crippen LogP contribution in [0.25, 0.3) is 0 Å². The van der Waals surface area contributed by atoms with Gasteiger partial charge in [0, 0.05) is 24.6 Å². The summed E-state index contributed by atoms with van der Waals surface area (Å²) in [5, 5.41) is 15.1. The zero-order valence-electron chi connectivity index (χ0n) is 10.1. The van der Waals surface area contributed by atoms with Crippen molar-refractivity contribution in [1.29, 1.82) is 0 Å². The van der Waals surface area contributed by atoms with Crippen molar-refractivity contribution >= 4 is 11.3 Å². The van der Waals surface area contributed by atoms with Gasteiger partial charge in [-0.3, -0.25) is 0 Å². The Morgan fingerprint density at radius 2 is 2.41 bits per heavy atom. The lowest BCUT2D eigenvalue weighted by atomic mass is 10.3. The Kier molecular flexibility index (Phi) is 5.45. The molecule has 96 valence electrons. The lowest BCUT2D eigenvalue weighted by Gasteiger charge is -2.10. The van der Waals surface area contributed by atoms with Gasteiger partial charge in [-0.05, 0) is 43.2 Å². The Bertz CT molecular complexity index is 298. The quantitative estimate of drug-likeness (QED) is 0.665. The summed E-state index contributed by atoms with van der Waals surface area (Å²) in [6.07, 6.45) is 3.35. The molecule has 1 aromatic rings. The minimum Gasteiger partial charge on any atom is -0.386 e. The smallest absolute Gasteiger partial charge is 0.101 e. The molecule has 1 fully saturated rings. The van der Waals surface area contributed by atoms with Crippen molar-refractivity contribution in [3.8, 4) is 0 Å². The highest BCUT2D eigenvalue weighted by atomic mass is 32.1. The van der Waals surface area contributed by atoms with Crippen LogP contribution in [-0.4, -0.2) is 31.4 Å². The van der Waals surface area contributed by atoms with Gasteiger partial charge < -0.3 is 15.2 Å². The fraction of sp³-hybridized carbons (Fsp3) is 0.692. The van der Waals surface area contributed by atoms with Crippen LogP contribution in [0.4, 0.5) is 0 Å². The van der Waals surface area contributed by atoms with E-state index in [9.17, 15) is 5.11 Å². The van der Waals surface area contributed by atoms with Crippen molar-refractivity contribution in [3.63, 3.8) is 0 Å². The second kappa shape index (κ2) is 7.11. The molecule has 1 unspecified atom stereocenters. The number of thiophene rings is 1. The number of aliphatic hydroxyl groups excluding tert-OH is 1. The van der Waals surface area contributed by atoms with Gasteiger partial charge in [-0.2, -0.15) is 0 Å². The Labute approximate surface area is 107 Å². The summed E-state index contributed by atoms with van der Waals surface area (Å²) in [6, 6.07) is 3.94. The molecule has 3 nitrogen and oxygen atoms in total. The number of hydrogen-bond acceptors (Lipinski definition) is 4. The van der Waals surface area contributed by atoms with Crippen LogP contribution in [0.15, 0.2) is 17.5 Å². The van der Waals surface area contributed by atoms with Crippen LogP contribution >= 0.6 is 11.3 Å². The number of hydrogen-bond donors (Lipinski definition) is 2. The normalized spacial score (nSPS) is 17.2. The van der Waals surface area contributed by atoms with E-state index in [-0.39, 0.29) is 6.10 Å². The number of aliphatic hydroxyl groups is 1. The first kappa shape index (κ1) is 13.0. The summed E-state index contributed by atoms with van der Waals surface area (Å²) in [5.74, 6) is 0.851. The number of nitrogens with one attached hydrogen (secondary N) is 1. The van der Waals surface area contributed by atoms with Crippen LogP contribution in [0, 0.1) is 5.92 Å². The molecule has 1 aromatic heterocycles. The van der Waals surface area contributed by atoms with Gasteiger partial charge >= 0.3 is 0 Å². The molecule has 1 aliphatic rings. The number of rotatable bonds is 9. The van der Waals surface area contributed by atoms with E-state index in [1.54, 1.807) is 11.3 Å². The monoisotopic (exact) mass is 255 g/mol. The third-order valence-electron chi connectivity index (χ3n) is 2.90. The van der Waals surface area contributed by atoms with Crippen molar-refractivity contribution in [2.45, 2.75) is 25.4 Å². The molecule has 0 bridgehead atoms. The highest BCUT2D eigenvalue weighted by Gasteiger charge is 2.20. The maximum Gasteiger partial charge on any atom is 0.101 e. The highest BCUT2D eigenvalue weighted by Crippen LogP contribution is 2.28. The van der Waals surface area contributed by atoms with Gasteiger partial charge in [0.25, 0.3) is 0 Å². The zero-order chi connectivity index (χ0) is 11.9. The van der Waals surface area contributed by atoms with E-state index >= 15 is 0 Å². The van der Waals surface area contributed by atoms with E-state index in [0.717, 1.165) is 37.0 Å². The molecule has 0 amide bonds. The van der Waals surface area contributed by atoms with Gasteiger partial charge in [-0.25, -0.2) is 0 Å². The van der Waals surface area contributed by atoms with E-state index < -0.39 is 0 Å². The standard InChI is InChI=1S/C13H21NO2S/c15-12(13-3-1-8-17-13)9-14-6-2-7-16-10-11-4-5-11/h1,3,8,11-12,14-15H,2,4-7,9-10H2. The van der Waals surface area contributed by atoms with Crippen molar-refractivity contribution in [3.05, 3.63) is 22.4 Å². The van der Waals surface area contributed by atoms with Crippen LogP contribution in [0.1, 0.15) is 30.2 Å². The highest BCUT2D eigenvalue weighted by molar-refractivity contribution is 7.10. The Morgan fingerprint density at radius 1 is 1.53 bits per heavy atom. The Hall–Kier alpha value is -0.420. The molecule has 2 rings (SSSR count). The number of ether oxygens (including phenoxy) is 1. The van der Waals surface area contributed by atoms with Gasteiger partial charge in [0.15, 0.2) is 0 Å². The molecule has 0 radical (unpaired) electrons. The Balaban J connectivity index is 1.42. The molecule has 4 heteroatoms. The van der Waals surface area contributed by atoms with Gasteiger partial charge in [-0.1, -0.05) is 6.07 Å². The van der Waals surface area contributed by atoms with Crippen molar-refractivity contribution in [1.82, 2.24) is 5.32 Å². The van der Waals surface area contributed by atoms with Crippen molar-refractivity contribution in [2.24, 2.45) is 5.92 Å². The molecule has 0 saturated heterocycles. The van der Waals surface area contributed by atoms with Gasteiger partial charge in [-0.15, -0.1) is 11.3 Å². The minimum atomic E-state index is -0.373. The van der Waals surface area contributed by atoms with Crippen LogP contribution in [0.5, 0.6) is 0 Å². The van der Waals surface area contributed by atoms with Crippen LogP contribution < -0.4 is 5.32 Å². The first-order chi connectivity index (χ1) is 8.36. The summed E-state index contributed by atoms with van der Waals surface area (Å²) < 4.78 is 5.54. The first-order valence-corrected chi connectivity index (χ1v) is 7.24. The average Bonchev–Trinajstić information content (AvgIpc) is 2.99. The predicted octanol–water partition coefficient (Wildman–Crippen LogP) is 2.19. The molecule has 1 aliphatic carbocycles. The largest absolute Gasteiger partial charge is 0.386 e. The maximum absolute atomic E-state index is 9.81. The van der Waals surface area contributed by atoms with Crippen molar-refractivity contribution in [2.75, 3.05) is 26.3 Å². The summed E-state index contributed by atoms with van der Waals surface area (Å²) in [4.78, 5) is 1.03. The van der Waals surface area contributed by atoms with Crippen LogP contribution in [0.2, 0.25) is 0 Å². The third-order valence-corrected chi connectivity index (χ3v) is 3.88. The van der Waals surface area contributed by atoms with Gasteiger partial charge in [0.1, 0.15) is 6.10 Å². The first-order valence-electron chi connectivity index (χ1n) is 6.36. The van der Waals surface area contributed by atoms with E-state index in [0.29, 0.717) is 6.54 Å². The SMILES string of the molecule is OC(CNCCCOCC1CC1)c1cccs1. The molecular weight excluding hydrogens is 234 g/mol. The van der Waals surface area contributed by atoms with Gasteiger partial charge in [0.05, 0.1) is 0 Å². The second-order valence-electron chi connectivity index (χ2n) is 4.61. The van der Waals surface area contributed by atoms with Crippen LogP contribution in [0.3, 0.4) is 0 Å². The zero-order valence-corrected chi connectivity index (χ0v) is 10.9. The van der Waals surface area contributed by atoms with E-state index in [1.165, 1.54) is 12.8 Å². The molecule has 0 aromatic carbocycles. The minimum absolute atomic E-state index is 0.373. The van der Waals surface area contributed by atoms with Crippen LogP contribution in [-0.2, 0) is 4.74 Å². The third kappa shape index (κ3) is 5.17. The molecule has 1 saturated carbocycles. The molecule has 17 heavy (non-hydrogen) atoms. The van der Waals surface area contributed by atoms with Crippen molar-refractivity contribution < 1.29 is 9.84 Å². The molecule has 1 atom stereocenters. The molecule has 0 aliphatic heterocycles. The fourth-order valence-electron chi connectivity index (χ4n) is 1.65. The summed E-state index contributed by atoms with van der Waals surface area (Å²) in [7, 11) is 0. The van der Waals surface area contributed by atoms with E-state index in [2.05, 4.69) is 5.32 Å². The summed E-state index contributed by atoms with van der Waals surface area (Å²) in [5.41, 5.74) is 0. The lowest BCUT2D eigenvalue weighted by Crippen LogP contribution is -2.23. The molecule has 1 heterocycles. The molecule has 0 spiro atoms. The van der Waals surface area contributed by atoms with E-state index in [1.807, 2.05) is 17.5 Å². The summed E-state index contributed by atoms with van der Waals surface area (Å²) >= 11 is 1.60. The second-order valence-corrected chi connectivity index (χ2v) is 5.59. The predicted molar refractivity (Wildman–Crippen MR) is 70.3 cm³/mol. The Morgan fingerprint density at radius 3 is 3.12 bits per heavy atom. The average molecular weight is 255 g/mol. The summed E-state index contributed by atoms with van der Waals surface area (Å²) in [6.45, 7) is 3.31. The molecular formula is C13H21NO2S. The topological polar surface area (TPSA) is 41.5 Å².